The average Bonchev–Trinajstić information content (AvgIpc) is 2.25. The van der Waals surface area contributed by atoms with E-state index in [1.807, 2.05) is 18.1 Å². The van der Waals surface area contributed by atoms with Gasteiger partial charge in [0.15, 0.2) is 5.75 Å². The maximum absolute atomic E-state index is 6.12. The van der Waals surface area contributed by atoms with E-state index in [9.17, 15) is 0 Å². The smallest absolute Gasteiger partial charge is 0.169 e. The van der Waals surface area contributed by atoms with Crippen molar-refractivity contribution in [2.24, 2.45) is 0 Å². The Morgan fingerprint density at radius 1 is 1.12 bits per heavy atom. The van der Waals surface area contributed by atoms with Crippen LogP contribution in [-0.2, 0) is 0 Å². The molecule has 2 nitrogen and oxygen atoms in total. The number of halogens is 2. The molecule has 0 bridgehead atoms. The minimum Gasteiger partial charge on any atom is -0.404 e. The van der Waals surface area contributed by atoms with Crippen molar-refractivity contribution in [3.05, 3.63) is 27.7 Å². The largest absolute Gasteiger partial charge is 0.404 e. The first-order valence-corrected chi connectivity index (χ1v) is 6.31. The maximum atomic E-state index is 6.12. The van der Waals surface area contributed by atoms with Gasteiger partial charge in [0.05, 0.1) is 5.02 Å². The van der Waals surface area contributed by atoms with Crippen LogP contribution in [0.1, 0.15) is 24.8 Å². The number of aryl methyl sites for hydroxylation is 1. The molecule has 0 unspecified atom stereocenters. The topological polar surface area (TPSA) is 12.5 Å². The van der Waals surface area contributed by atoms with Crippen molar-refractivity contribution >= 4 is 23.2 Å². The second-order valence-corrected chi connectivity index (χ2v) is 4.96. The van der Waals surface area contributed by atoms with E-state index in [0.29, 0.717) is 10.0 Å². The molecule has 4 heteroatoms. The van der Waals surface area contributed by atoms with Gasteiger partial charge >= 0.3 is 0 Å². The van der Waals surface area contributed by atoms with Crippen LogP contribution in [0.3, 0.4) is 0 Å². The molecule has 0 atom stereocenters. The average molecular weight is 260 g/mol. The van der Waals surface area contributed by atoms with Gasteiger partial charge < -0.3 is 4.84 Å². The van der Waals surface area contributed by atoms with Gasteiger partial charge in [-0.05, 0) is 37.5 Å². The predicted molar refractivity (Wildman–Crippen MR) is 67.3 cm³/mol. The van der Waals surface area contributed by atoms with Gasteiger partial charge in [0.1, 0.15) is 0 Å². The first kappa shape index (κ1) is 12.0. The van der Waals surface area contributed by atoms with Crippen LogP contribution in [0.2, 0.25) is 10.0 Å². The minimum absolute atomic E-state index is 0.579. The maximum Gasteiger partial charge on any atom is 0.169 e. The molecular weight excluding hydrogens is 245 g/mol. The lowest BCUT2D eigenvalue weighted by Gasteiger charge is -2.27. The first-order valence-electron chi connectivity index (χ1n) is 5.55. The second-order valence-electron chi connectivity index (χ2n) is 4.11. The van der Waals surface area contributed by atoms with E-state index in [2.05, 4.69) is 0 Å². The summed E-state index contributed by atoms with van der Waals surface area (Å²) >= 11 is 12.0. The van der Waals surface area contributed by atoms with Crippen LogP contribution in [0, 0.1) is 6.92 Å². The summed E-state index contributed by atoms with van der Waals surface area (Å²) in [5.41, 5.74) is 0.975. The summed E-state index contributed by atoms with van der Waals surface area (Å²) in [5, 5.41) is 3.20. The Morgan fingerprint density at radius 3 is 2.44 bits per heavy atom. The molecule has 0 aliphatic carbocycles. The minimum atomic E-state index is 0.579. The molecule has 1 heterocycles. The van der Waals surface area contributed by atoms with Crippen LogP contribution >= 0.6 is 23.2 Å². The third-order valence-corrected chi connectivity index (χ3v) is 3.23. The van der Waals surface area contributed by atoms with Crippen molar-refractivity contribution in [3.63, 3.8) is 0 Å². The predicted octanol–water partition coefficient (Wildman–Crippen LogP) is 4.08. The lowest BCUT2D eigenvalue weighted by atomic mass is 10.2. The SMILES string of the molecule is Cc1cc(Cl)cc(Cl)c1ON1CCCCC1. The number of nitrogens with zero attached hydrogens (tertiary/aromatic N) is 1. The fraction of sp³-hybridized carbons (Fsp3) is 0.500. The van der Waals surface area contributed by atoms with Crippen molar-refractivity contribution in [2.45, 2.75) is 26.2 Å². The van der Waals surface area contributed by atoms with E-state index < -0.39 is 0 Å². The summed E-state index contributed by atoms with van der Waals surface area (Å²) in [6.07, 6.45) is 3.65. The Bertz CT molecular complexity index is 352. The molecule has 0 amide bonds. The molecule has 1 aromatic rings. The van der Waals surface area contributed by atoms with Gasteiger partial charge in [0.25, 0.3) is 0 Å². The van der Waals surface area contributed by atoms with E-state index >= 15 is 0 Å². The van der Waals surface area contributed by atoms with E-state index in [1.54, 1.807) is 6.07 Å². The third-order valence-electron chi connectivity index (χ3n) is 2.73. The van der Waals surface area contributed by atoms with Crippen molar-refractivity contribution < 1.29 is 4.84 Å². The van der Waals surface area contributed by atoms with Gasteiger partial charge in [-0.25, -0.2) is 0 Å². The van der Waals surface area contributed by atoms with Crippen LogP contribution < -0.4 is 4.84 Å². The number of hydrogen-bond acceptors (Lipinski definition) is 2. The molecule has 0 radical (unpaired) electrons. The van der Waals surface area contributed by atoms with Crippen molar-refractivity contribution in [1.82, 2.24) is 5.06 Å². The van der Waals surface area contributed by atoms with E-state index in [4.69, 9.17) is 28.0 Å². The Labute approximate surface area is 106 Å². The summed E-state index contributed by atoms with van der Waals surface area (Å²) < 4.78 is 0. The van der Waals surface area contributed by atoms with Gasteiger partial charge in [-0.2, -0.15) is 0 Å². The molecule has 1 aromatic carbocycles. The molecule has 1 aliphatic heterocycles. The standard InChI is InChI=1S/C12H15Cl2NO/c1-9-7-10(13)8-11(14)12(9)16-15-5-3-2-4-6-15/h7-8H,2-6H2,1H3. The molecule has 2 rings (SSSR count). The quantitative estimate of drug-likeness (QED) is 0.794. The van der Waals surface area contributed by atoms with Crippen LogP contribution in [0.4, 0.5) is 0 Å². The molecule has 1 aliphatic rings. The highest BCUT2D eigenvalue weighted by molar-refractivity contribution is 6.35. The summed E-state index contributed by atoms with van der Waals surface area (Å²) in [4.78, 5) is 5.81. The highest BCUT2D eigenvalue weighted by Crippen LogP contribution is 2.32. The highest BCUT2D eigenvalue weighted by atomic mass is 35.5. The summed E-state index contributed by atoms with van der Waals surface area (Å²) in [6.45, 7) is 3.90. The molecule has 88 valence electrons. The van der Waals surface area contributed by atoms with Crippen LogP contribution in [0.25, 0.3) is 0 Å². The number of benzene rings is 1. The van der Waals surface area contributed by atoms with Crippen molar-refractivity contribution in [2.75, 3.05) is 13.1 Å². The first-order chi connectivity index (χ1) is 7.66. The zero-order valence-corrected chi connectivity index (χ0v) is 10.8. The number of rotatable bonds is 2. The normalized spacial score (nSPS) is 17.4. The second kappa shape index (κ2) is 5.26. The van der Waals surface area contributed by atoms with Gasteiger partial charge in [-0.15, -0.1) is 5.06 Å². The Balaban J connectivity index is 2.14. The van der Waals surface area contributed by atoms with Gasteiger partial charge in [-0.3, -0.25) is 0 Å². The van der Waals surface area contributed by atoms with Crippen LogP contribution in [0.15, 0.2) is 12.1 Å². The molecule has 0 spiro atoms. The molecule has 0 aromatic heterocycles. The monoisotopic (exact) mass is 259 g/mol. The fourth-order valence-electron chi connectivity index (χ4n) is 1.89. The van der Waals surface area contributed by atoms with Crippen molar-refractivity contribution in [3.8, 4) is 5.75 Å². The third kappa shape index (κ3) is 2.82. The van der Waals surface area contributed by atoms with Gasteiger partial charge in [-0.1, -0.05) is 29.6 Å². The molecule has 0 saturated carbocycles. The van der Waals surface area contributed by atoms with Gasteiger partial charge in [0.2, 0.25) is 0 Å². The number of hydrogen-bond donors (Lipinski definition) is 0. The zero-order valence-electron chi connectivity index (χ0n) is 9.30. The van der Waals surface area contributed by atoms with Crippen LogP contribution in [-0.4, -0.2) is 18.2 Å². The van der Waals surface area contributed by atoms with E-state index in [-0.39, 0.29) is 0 Å². The Kier molecular flexibility index (Phi) is 3.95. The fourth-order valence-corrected chi connectivity index (χ4v) is 2.52. The molecule has 1 fully saturated rings. The summed E-state index contributed by atoms with van der Waals surface area (Å²) in [6, 6.07) is 3.59. The summed E-state index contributed by atoms with van der Waals surface area (Å²) in [5.74, 6) is 0.730. The lowest BCUT2D eigenvalue weighted by molar-refractivity contribution is -0.0724. The molecule has 0 N–H and O–H groups in total. The molecular formula is C12H15Cl2NO. The Hall–Kier alpha value is -0.440. The van der Waals surface area contributed by atoms with Gasteiger partial charge in [0, 0.05) is 18.1 Å². The summed E-state index contributed by atoms with van der Waals surface area (Å²) in [7, 11) is 0. The molecule has 16 heavy (non-hydrogen) atoms. The Morgan fingerprint density at radius 2 is 1.81 bits per heavy atom. The number of piperidine rings is 1. The molecule has 1 saturated heterocycles. The van der Waals surface area contributed by atoms with Crippen LogP contribution in [0.5, 0.6) is 5.75 Å². The van der Waals surface area contributed by atoms with Crippen molar-refractivity contribution in [1.29, 1.82) is 0 Å². The van der Waals surface area contributed by atoms with E-state index in [1.165, 1.54) is 19.3 Å². The number of hydroxylamine groups is 2. The van der Waals surface area contributed by atoms with E-state index in [0.717, 1.165) is 24.4 Å². The lowest BCUT2D eigenvalue weighted by Crippen LogP contribution is -2.33. The zero-order chi connectivity index (χ0) is 11.5. The highest BCUT2D eigenvalue weighted by Gasteiger charge is 2.15.